The maximum absolute atomic E-state index is 13.2. The van der Waals surface area contributed by atoms with Crippen LogP contribution in [-0.4, -0.2) is 59.3 Å². The number of likely N-dealkylation sites (tertiary alicyclic amines) is 1. The minimum atomic E-state index is -0.367. The highest BCUT2D eigenvalue weighted by Gasteiger charge is 2.41. The number of hydrogen-bond acceptors (Lipinski definition) is 5. The zero-order valence-electron chi connectivity index (χ0n) is 14.4. The van der Waals surface area contributed by atoms with Gasteiger partial charge in [-0.05, 0) is 31.4 Å². The molecule has 6 nitrogen and oxygen atoms in total. The van der Waals surface area contributed by atoms with Gasteiger partial charge in [-0.1, -0.05) is 12.1 Å². The lowest BCUT2D eigenvalue weighted by Gasteiger charge is -2.26. The van der Waals surface area contributed by atoms with Crippen molar-refractivity contribution in [3.05, 3.63) is 35.7 Å². The molecule has 1 unspecified atom stereocenters. The number of aromatic nitrogens is 2. The molecule has 132 valence electrons. The summed E-state index contributed by atoms with van der Waals surface area (Å²) in [6.07, 6.45) is 2.87. The van der Waals surface area contributed by atoms with E-state index in [1.54, 1.807) is 12.0 Å². The summed E-state index contributed by atoms with van der Waals surface area (Å²) in [7, 11) is 1.63. The molecular weight excluding hydrogens is 318 g/mol. The van der Waals surface area contributed by atoms with Crippen molar-refractivity contribution in [1.82, 2.24) is 14.9 Å². The van der Waals surface area contributed by atoms with Gasteiger partial charge in [0.05, 0.1) is 29.9 Å². The van der Waals surface area contributed by atoms with Crippen LogP contribution >= 0.6 is 0 Å². The number of methoxy groups -OCH3 is 1. The van der Waals surface area contributed by atoms with Crippen LogP contribution in [0.4, 0.5) is 0 Å². The lowest BCUT2D eigenvalue weighted by Crippen LogP contribution is -2.37. The molecule has 1 amide bonds. The fourth-order valence-corrected chi connectivity index (χ4v) is 3.67. The van der Waals surface area contributed by atoms with Crippen molar-refractivity contribution in [2.45, 2.75) is 25.2 Å². The van der Waals surface area contributed by atoms with Gasteiger partial charge in [-0.3, -0.25) is 4.79 Å². The van der Waals surface area contributed by atoms with Crippen LogP contribution in [0, 0.1) is 5.41 Å². The maximum Gasteiger partial charge on any atom is 0.274 e. The molecule has 4 rings (SSSR count). The molecule has 6 heteroatoms. The van der Waals surface area contributed by atoms with E-state index in [9.17, 15) is 9.90 Å². The molecule has 0 spiro atoms. The van der Waals surface area contributed by atoms with Crippen molar-refractivity contribution in [2.75, 3.05) is 33.4 Å². The molecule has 0 bridgehead atoms. The van der Waals surface area contributed by atoms with Crippen LogP contribution in [0.1, 0.15) is 41.4 Å². The van der Waals surface area contributed by atoms with Gasteiger partial charge in [0.25, 0.3) is 5.91 Å². The van der Waals surface area contributed by atoms with Crippen LogP contribution in [0.3, 0.4) is 0 Å². The van der Waals surface area contributed by atoms with E-state index in [-0.39, 0.29) is 17.9 Å². The second kappa shape index (κ2) is 6.35. The maximum atomic E-state index is 13.2. The smallest absolute Gasteiger partial charge is 0.274 e. The van der Waals surface area contributed by atoms with E-state index in [1.165, 1.54) is 0 Å². The first kappa shape index (κ1) is 16.4. The number of ether oxygens (including phenoxy) is 1. The standard InChI is InChI=1S/C19H23N3O3/c1-25-12-19(11-23)8-9-22(10-19)18(24)17-16(13-6-7-13)20-14-4-2-3-5-15(14)21-17/h2-5,13,23H,6-12H2,1H3. The summed E-state index contributed by atoms with van der Waals surface area (Å²) in [4.78, 5) is 24.3. The van der Waals surface area contributed by atoms with E-state index < -0.39 is 0 Å². The Morgan fingerprint density at radius 1 is 1.32 bits per heavy atom. The SMILES string of the molecule is COCC1(CO)CCN(C(=O)c2nc3ccccc3nc2C2CC2)C1. The second-order valence-corrected chi connectivity index (χ2v) is 7.29. The Kier molecular flexibility index (Phi) is 4.17. The first-order chi connectivity index (χ1) is 12.2. The molecule has 1 aromatic carbocycles. The summed E-state index contributed by atoms with van der Waals surface area (Å²) >= 11 is 0. The minimum absolute atomic E-state index is 0.0174. The number of amides is 1. The first-order valence-electron chi connectivity index (χ1n) is 8.81. The molecule has 2 heterocycles. The molecule has 1 aliphatic carbocycles. The Labute approximate surface area is 146 Å². The third-order valence-electron chi connectivity index (χ3n) is 5.28. The van der Waals surface area contributed by atoms with Crippen LogP contribution in [0.25, 0.3) is 11.0 Å². The van der Waals surface area contributed by atoms with Gasteiger partial charge in [-0.15, -0.1) is 0 Å². The zero-order valence-corrected chi connectivity index (χ0v) is 14.4. The predicted octanol–water partition coefficient (Wildman–Crippen LogP) is 1.98. The average Bonchev–Trinajstić information content (AvgIpc) is 3.41. The number of rotatable bonds is 5. The van der Waals surface area contributed by atoms with Gasteiger partial charge in [-0.2, -0.15) is 0 Å². The molecule has 1 N–H and O–H groups in total. The van der Waals surface area contributed by atoms with Gasteiger partial charge in [0, 0.05) is 31.5 Å². The Morgan fingerprint density at radius 2 is 2.04 bits per heavy atom. The second-order valence-electron chi connectivity index (χ2n) is 7.29. The summed E-state index contributed by atoms with van der Waals surface area (Å²) in [5, 5.41) is 9.77. The number of carbonyl (C=O) groups is 1. The number of benzene rings is 1. The fraction of sp³-hybridized carbons (Fsp3) is 0.526. The van der Waals surface area contributed by atoms with Crippen molar-refractivity contribution in [1.29, 1.82) is 0 Å². The van der Waals surface area contributed by atoms with E-state index in [2.05, 4.69) is 4.98 Å². The fourth-order valence-electron chi connectivity index (χ4n) is 3.67. The predicted molar refractivity (Wildman–Crippen MR) is 93.4 cm³/mol. The van der Waals surface area contributed by atoms with Gasteiger partial charge in [0.1, 0.15) is 0 Å². The highest BCUT2D eigenvalue weighted by atomic mass is 16.5. The van der Waals surface area contributed by atoms with E-state index in [1.807, 2.05) is 24.3 Å². The molecule has 1 aromatic heterocycles. The lowest BCUT2D eigenvalue weighted by atomic mass is 9.89. The molecule has 0 radical (unpaired) electrons. The minimum Gasteiger partial charge on any atom is -0.396 e. The zero-order chi connectivity index (χ0) is 17.4. The summed E-state index contributed by atoms with van der Waals surface area (Å²) in [5.41, 5.74) is 2.53. The highest BCUT2D eigenvalue weighted by Crippen LogP contribution is 2.41. The molecule has 1 atom stereocenters. The molecule has 1 aliphatic heterocycles. The van der Waals surface area contributed by atoms with Crippen molar-refractivity contribution < 1.29 is 14.6 Å². The molecule has 1 saturated heterocycles. The van der Waals surface area contributed by atoms with E-state index in [4.69, 9.17) is 9.72 Å². The first-order valence-corrected chi connectivity index (χ1v) is 8.81. The molecule has 2 fully saturated rings. The number of aliphatic hydroxyl groups excluding tert-OH is 1. The van der Waals surface area contributed by atoms with Crippen LogP contribution < -0.4 is 0 Å². The molecular formula is C19H23N3O3. The number of nitrogens with zero attached hydrogens (tertiary/aromatic N) is 3. The monoisotopic (exact) mass is 341 g/mol. The largest absolute Gasteiger partial charge is 0.396 e. The molecule has 25 heavy (non-hydrogen) atoms. The molecule has 2 aromatic rings. The number of hydrogen-bond donors (Lipinski definition) is 1. The van der Waals surface area contributed by atoms with Crippen LogP contribution in [0.2, 0.25) is 0 Å². The number of carbonyl (C=O) groups excluding carboxylic acids is 1. The van der Waals surface area contributed by atoms with E-state index in [0.717, 1.165) is 36.0 Å². The highest BCUT2D eigenvalue weighted by molar-refractivity contribution is 5.95. The van der Waals surface area contributed by atoms with Crippen LogP contribution in [0.5, 0.6) is 0 Å². The van der Waals surface area contributed by atoms with E-state index >= 15 is 0 Å². The number of para-hydroxylation sites is 2. The number of fused-ring (bicyclic) bond motifs is 1. The Balaban J connectivity index is 1.67. The quantitative estimate of drug-likeness (QED) is 0.900. The van der Waals surface area contributed by atoms with Gasteiger partial charge in [0.15, 0.2) is 5.69 Å². The third-order valence-corrected chi connectivity index (χ3v) is 5.28. The van der Waals surface area contributed by atoms with Gasteiger partial charge < -0.3 is 14.7 Å². The molecule has 2 aliphatic rings. The Morgan fingerprint density at radius 3 is 2.68 bits per heavy atom. The lowest BCUT2D eigenvalue weighted by molar-refractivity contribution is 0.0342. The van der Waals surface area contributed by atoms with Gasteiger partial charge in [-0.25, -0.2) is 9.97 Å². The van der Waals surface area contributed by atoms with Gasteiger partial charge in [0.2, 0.25) is 0 Å². The third kappa shape index (κ3) is 3.00. The van der Waals surface area contributed by atoms with Crippen molar-refractivity contribution in [2.24, 2.45) is 5.41 Å². The summed E-state index contributed by atoms with van der Waals surface area (Å²) in [5.74, 6) is 0.270. The van der Waals surface area contributed by atoms with Crippen LogP contribution in [0.15, 0.2) is 24.3 Å². The average molecular weight is 341 g/mol. The summed E-state index contributed by atoms with van der Waals surface area (Å²) in [6.45, 7) is 1.58. The van der Waals surface area contributed by atoms with Crippen molar-refractivity contribution in [3.63, 3.8) is 0 Å². The van der Waals surface area contributed by atoms with Gasteiger partial charge >= 0.3 is 0 Å². The molecule has 1 saturated carbocycles. The Hall–Kier alpha value is -2.05. The number of aliphatic hydroxyl groups is 1. The summed E-state index contributed by atoms with van der Waals surface area (Å²) < 4.78 is 5.26. The van der Waals surface area contributed by atoms with Crippen molar-refractivity contribution >= 4 is 16.9 Å². The van der Waals surface area contributed by atoms with Crippen molar-refractivity contribution in [3.8, 4) is 0 Å². The topological polar surface area (TPSA) is 75.6 Å². The Bertz CT molecular complexity index is 806. The van der Waals surface area contributed by atoms with Crippen LogP contribution in [-0.2, 0) is 4.74 Å². The van der Waals surface area contributed by atoms with E-state index in [0.29, 0.717) is 31.3 Å². The normalized spacial score (nSPS) is 23.4. The summed E-state index contributed by atoms with van der Waals surface area (Å²) in [6, 6.07) is 7.68.